The molecule has 0 saturated carbocycles. The van der Waals surface area contributed by atoms with Crippen LogP contribution < -0.4 is 5.32 Å². The molecular formula is C17H15NS. The quantitative estimate of drug-likeness (QED) is 0.726. The first-order chi connectivity index (χ1) is 9.40. The molecule has 2 heteroatoms. The van der Waals surface area contributed by atoms with E-state index in [0.717, 1.165) is 6.54 Å². The number of thiophene rings is 1. The zero-order valence-corrected chi connectivity index (χ0v) is 11.4. The van der Waals surface area contributed by atoms with Crippen molar-refractivity contribution in [2.45, 2.75) is 12.3 Å². The van der Waals surface area contributed by atoms with E-state index in [9.17, 15) is 0 Å². The summed E-state index contributed by atoms with van der Waals surface area (Å²) in [6.45, 7) is 1.03. The topological polar surface area (TPSA) is 12.0 Å². The highest BCUT2D eigenvalue weighted by molar-refractivity contribution is 7.17. The van der Waals surface area contributed by atoms with E-state index in [1.54, 1.807) is 11.3 Å². The second-order valence-electron chi connectivity index (χ2n) is 5.15. The molecule has 1 aliphatic carbocycles. The van der Waals surface area contributed by atoms with Crippen LogP contribution in [-0.4, -0.2) is 6.54 Å². The lowest BCUT2D eigenvalue weighted by atomic mass is 9.77. The summed E-state index contributed by atoms with van der Waals surface area (Å²) in [5, 5.41) is 7.06. The molecule has 0 fully saturated rings. The molecule has 1 atom stereocenters. The average molecular weight is 265 g/mol. The summed E-state index contributed by atoms with van der Waals surface area (Å²) in [4.78, 5) is 0. The van der Waals surface area contributed by atoms with E-state index in [2.05, 4.69) is 59.2 Å². The Labute approximate surface area is 116 Å². The van der Waals surface area contributed by atoms with Crippen molar-refractivity contribution in [3.63, 3.8) is 0 Å². The Morgan fingerprint density at radius 3 is 3.00 bits per heavy atom. The summed E-state index contributed by atoms with van der Waals surface area (Å²) >= 11 is 1.80. The van der Waals surface area contributed by atoms with Crippen LogP contribution in [-0.2, 0) is 6.42 Å². The van der Waals surface area contributed by atoms with Gasteiger partial charge in [-0.25, -0.2) is 0 Å². The zero-order chi connectivity index (χ0) is 12.7. The van der Waals surface area contributed by atoms with Gasteiger partial charge in [0.15, 0.2) is 0 Å². The van der Waals surface area contributed by atoms with Gasteiger partial charge >= 0.3 is 0 Å². The van der Waals surface area contributed by atoms with Crippen molar-refractivity contribution in [3.8, 4) is 0 Å². The predicted octanol–water partition coefficient (Wildman–Crippen LogP) is 4.65. The van der Waals surface area contributed by atoms with Crippen LogP contribution in [0.1, 0.15) is 17.0 Å². The number of fused-ring (bicyclic) bond motifs is 2. The Balaban J connectivity index is 1.48. The summed E-state index contributed by atoms with van der Waals surface area (Å²) in [6.07, 6.45) is 1.21. The molecule has 1 heterocycles. The van der Waals surface area contributed by atoms with E-state index in [1.807, 2.05) is 0 Å². The minimum Gasteiger partial charge on any atom is -0.384 e. The van der Waals surface area contributed by atoms with E-state index in [1.165, 1.54) is 33.3 Å². The lowest BCUT2D eigenvalue weighted by molar-refractivity contribution is 0.636. The molecule has 1 nitrogen and oxygen atoms in total. The number of hydrogen-bond donors (Lipinski definition) is 1. The molecule has 1 aliphatic rings. The average Bonchev–Trinajstić information content (AvgIpc) is 2.87. The SMILES string of the molecule is c1ccc2c(c1)CC2CNc1ccc2sccc2c1. The monoisotopic (exact) mass is 265 g/mol. The maximum absolute atomic E-state index is 3.57. The minimum atomic E-state index is 0.675. The third-order valence-corrected chi connectivity index (χ3v) is 4.86. The van der Waals surface area contributed by atoms with Gasteiger partial charge in [0, 0.05) is 22.8 Å². The summed E-state index contributed by atoms with van der Waals surface area (Å²) in [6, 6.07) is 17.6. The zero-order valence-electron chi connectivity index (χ0n) is 10.6. The van der Waals surface area contributed by atoms with Crippen molar-refractivity contribution in [3.05, 3.63) is 65.0 Å². The minimum absolute atomic E-state index is 0.675. The van der Waals surface area contributed by atoms with Crippen LogP contribution in [0.15, 0.2) is 53.9 Å². The fourth-order valence-corrected chi connectivity index (χ4v) is 3.63. The third kappa shape index (κ3) is 1.92. The van der Waals surface area contributed by atoms with Crippen molar-refractivity contribution >= 4 is 27.1 Å². The van der Waals surface area contributed by atoms with Gasteiger partial charge in [-0.3, -0.25) is 0 Å². The number of anilines is 1. The van der Waals surface area contributed by atoms with Crippen molar-refractivity contribution in [2.75, 3.05) is 11.9 Å². The molecular weight excluding hydrogens is 250 g/mol. The number of nitrogens with one attached hydrogen (secondary N) is 1. The number of hydrogen-bond acceptors (Lipinski definition) is 2. The van der Waals surface area contributed by atoms with E-state index < -0.39 is 0 Å². The summed E-state index contributed by atoms with van der Waals surface area (Å²) in [7, 11) is 0. The first kappa shape index (κ1) is 11.1. The molecule has 3 aromatic rings. The Kier molecular flexibility index (Phi) is 2.56. The highest BCUT2D eigenvalue weighted by Crippen LogP contribution is 2.35. The Hall–Kier alpha value is -1.80. The number of benzene rings is 2. The maximum Gasteiger partial charge on any atom is 0.0347 e. The Bertz CT molecular complexity index is 729. The molecule has 94 valence electrons. The fraction of sp³-hybridized carbons (Fsp3) is 0.176. The summed E-state index contributed by atoms with van der Waals surface area (Å²) in [5.41, 5.74) is 4.27. The predicted molar refractivity (Wildman–Crippen MR) is 83.2 cm³/mol. The molecule has 0 radical (unpaired) electrons. The van der Waals surface area contributed by atoms with Gasteiger partial charge in [-0.1, -0.05) is 24.3 Å². The molecule has 2 aromatic carbocycles. The lowest BCUT2D eigenvalue weighted by Crippen LogP contribution is -2.24. The van der Waals surface area contributed by atoms with Crippen LogP contribution in [0, 0.1) is 0 Å². The van der Waals surface area contributed by atoms with Crippen LogP contribution >= 0.6 is 11.3 Å². The van der Waals surface area contributed by atoms with E-state index in [-0.39, 0.29) is 0 Å². The molecule has 0 saturated heterocycles. The van der Waals surface area contributed by atoms with E-state index in [4.69, 9.17) is 0 Å². The molecule has 1 aromatic heterocycles. The van der Waals surface area contributed by atoms with E-state index in [0.29, 0.717) is 5.92 Å². The van der Waals surface area contributed by atoms with Gasteiger partial charge in [0.1, 0.15) is 0 Å². The van der Waals surface area contributed by atoms with Crippen LogP contribution in [0.3, 0.4) is 0 Å². The number of rotatable bonds is 3. The van der Waals surface area contributed by atoms with Crippen LogP contribution in [0.5, 0.6) is 0 Å². The van der Waals surface area contributed by atoms with Gasteiger partial charge in [0.25, 0.3) is 0 Å². The van der Waals surface area contributed by atoms with Crippen LogP contribution in [0.4, 0.5) is 5.69 Å². The normalized spacial score (nSPS) is 16.9. The lowest BCUT2D eigenvalue weighted by Gasteiger charge is -2.30. The smallest absolute Gasteiger partial charge is 0.0347 e. The molecule has 0 aliphatic heterocycles. The Morgan fingerprint density at radius 1 is 1.11 bits per heavy atom. The van der Waals surface area contributed by atoms with Gasteiger partial charge in [0.2, 0.25) is 0 Å². The molecule has 19 heavy (non-hydrogen) atoms. The molecule has 0 bridgehead atoms. The third-order valence-electron chi connectivity index (χ3n) is 3.97. The van der Waals surface area contributed by atoms with Crippen molar-refractivity contribution in [1.29, 1.82) is 0 Å². The first-order valence-electron chi connectivity index (χ1n) is 6.69. The molecule has 1 unspecified atom stereocenters. The highest BCUT2D eigenvalue weighted by Gasteiger charge is 2.24. The maximum atomic E-state index is 3.57. The highest BCUT2D eigenvalue weighted by atomic mass is 32.1. The van der Waals surface area contributed by atoms with Gasteiger partial charge in [-0.2, -0.15) is 0 Å². The largest absolute Gasteiger partial charge is 0.384 e. The molecule has 4 rings (SSSR count). The summed E-state index contributed by atoms with van der Waals surface area (Å²) < 4.78 is 1.36. The Morgan fingerprint density at radius 2 is 2.05 bits per heavy atom. The second-order valence-corrected chi connectivity index (χ2v) is 6.10. The van der Waals surface area contributed by atoms with Crippen molar-refractivity contribution in [1.82, 2.24) is 0 Å². The van der Waals surface area contributed by atoms with Gasteiger partial charge in [-0.15, -0.1) is 11.3 Å². The van der Waals surface area contributed by atoms with Gasteiger partial charge in [-0.05, 0) is 52.6 Å². The van der Waals surface area contributed by atoms with Crippen LogP contribution in [0.25, 0.3) is 10.1 Å². The van der Waals surface area contributed by atoms with Crippen molar-refractivity contribution < 1.29 is 0 Å². The van der Waals surface area contributed by atoms with Crippen LogP contribution in [0.2, 0.25) is 0 Å². The second kappa shape index (κ2) is 4.39. The first-order valence-corrected chi connectivity index (χ1v) is 7.57. The molecule has 0 spiro atoms. The standard InChI is InChI=1S/C17H15NS/c1-2-4-16-12(3-1)9-14(16)11-18-15-5-6-17-13(10-15)7-8-19-17/h1-8,10,14,18H,9,11H2. The van der Waals surface area contributed by atoms with E-state index >= 15 is 0 Å². The van der Waals surface area contributed by atoms with Gasteiger partial charge < -0.3 is 5.32 Å². The fourth-order valence-electron chi connectivity index (χ4n) is 2.86. The molecule has 1 N–H and O–H groups in total. The summed E-state index contributed by atoms with van der Waals surface area (Å²) in [5.74, 6) is 0.675. The van der Waals surface area contributed by atoms with Crippen molar-refractivity contribution in [2.24, 2.45) is 0 Å². The van der Waals surface area contributed by atoms with Gasteiger partial charge in [0.05, 0.1) is 0 Å². The molecule has 0 amide bonds.